The molecule has 0 nitrogen and oxygen atoms in total. The maximum absolute atomic E-state index is 5.94. The fourth-order valence-corrected chi connectivity index (χ4v) is 18.4. The Labute approximate surface area is 511 Å². The number of benzene rings is 9. The molecule has 9 aromatic carbocycles. The van der Waals surface area contributed by atoms with Crippen LogP contribution in [-0.2, 0) is 32.5 Å². The molecule has 8 aliphatic rings. The van der Waals surface area contributed by atoms with E-state index in [9.17, 15) is 0 Å². The summed E-state index contributed by atoms with van der Waals surface area (Å²) in [6, 6.07) is 84.8. The van der Waals surface area contributed by atoms with Gasteiger partial charge in [-0.2, -0.15) is 0 Å². The second kappa shape index (κ2) is 22.1. The van der Waals surface area contributed by atoms with Crippen LogP contribution in [0.4, 0.5) is 0 Å². The summed E-state index contributed by atoms with van der Waals surface area (Å²) in [6.45, 7) is 0. The molecule has 8 bridgehead atoms. The predicted octanol–water partition coefficient (Wildman–Crippen LogP) is 17.7. The smallest absolute Gasteiger partial charge is 0.0251 e. The average Bonchev–Trinajstić information content (AvgIpc) is 0.709. The molecule has 0 spiro atoms. The monoisotopic (exact) mass is 1100 g/mol. The Kier molecular flexibility index (Phi) is 13.9. The van der Waals surface area contributed by atoms with Crippen molar-refractivity contribution in [3.8, 4) is 72.6 Å². The van der Waals surface area contributed by atoms with Crippen LogP contribution >= 0.6 is 0 Å². The molecule has 0 heteroatoms. The quantitative estimate of drug-likeness (QED) is 0.146. The van der Waals surface area contributed by atoms with Crippen LogP contribution in [0.25, 0.3) is 0 Å². The van der Waals surface area contributed by atoms with Crippen molar-refractivity contribution < 1.29 is 0 Å². The van der Waals surface area contributed by atoms with Gasteiger partial charge in [0.25, 0.3) is 0 Å². The molecule has 8 aliphatic carbocycles. The first-order valence-electron chi connectivity index (χ1n) is 30.8. The molecule has 8 fully saturated rings. The van der Waals surface area contributed by atoms with Gasteiger partial charge in [-0.05, 0) is 264 Å². The fraction of sp³-hybridized carbons (Fsp3) is 0.233. The third kappa shape index (κ3) is 10.3. The normalized spacial score (nSPS) is 26.5. The highest BCUT2D eigenvalue weighted by molar-refractivity contribution is 5.54. The minimum Gasteiger partial charge on any atom is -0.115 e. The van der Waals surface area contributed by atoms with Crippen molar-refractivity contribution in [2.75, 3.05) is 0 Å². The lowest BCUT2D eigenvalue weighted by Gasteiger charge is -2.67. The Balaban J connectivity index is 0.000000153. The Morgan fingerprint density at radius 3 is 0.628 bits per heavy atom. The maximum atomic E-state index is 5.94. The number of hydrogen-bond donors (Lipinski definition) is 0. The SMILES string of the molecule is C#Cc1cccc(C23CC4CC(c5cccc(C#C)c5)(C2)CC(c2cccc(C#Cc5ccccc5)c2)(C4)C3)c1.C#Cc1cccc(C23CC4CC(c5cccc(C#Cc6ccccc6)c5)(C2)CC(c2cccc(C#Cc5ccccc5)c2)(C4)C3)c1. The van der Waals surface area contributed by atoms with Crippen LogP contribution in [0.3, 0.4) is 0 Å². The van der Waals surface area contributed by atoms with Gasteiger partial charge in [-0.3, -0.25) is 0 Å². The largest absolute Gasteiger partial charge is 0.115 e. The number of rotatable bonds is 6. The van der Waals surface area contributed by atoms with E-state index in [2.05, 4.69) is 235 Å². The average molecular weight is 1100 g/mol. The molecule has 412 valence electrons. The van der Waals surface area contributed by atoms with E-state index >= 15 is 0 Å². The summed E-state index contributed by atoms with van der Waals surface area (Å²) >= 11 is 0. The van der Waals surface area contributed by atoms with E-state index in [1.807, 2.05) is 54.6 Å². The molecule has 8 saturated carbocycles. The first-order valence-corrected chi connectivity index (χ1v) is 30.8. The van der Waals surface area contributed by atoms with Crippen LogP contribution in [0.2, 0.25) is 0 Å². The zero-order valence-corrected chi connectivity index (χ0v) is 48.9. The first-order chi connectivity index (χ1) is 42.1. The summed E-state index contributed by atoms with van der Waals surface area (Å²) in [6.07, 6.45) is 32.0. The molecule has 17 rings (SSSR count). The summed E-state index contributed by atoms with van der Waals surface area (Å²) < 4.78 is 0. The molecule has 4 unspecified atom stereocenters. The minimum absolute atomic E-state index is 0.0712. The molecule has 9 aromatic rings. The predicted molar refractivity (Wildman–Crippen MR) is 352 cm³/mol. The van der Waals surface area contributed by atoms with E-state index < -0.39 is 0 Å². The topological polar surface area (TPSA) is 0 Å². The highest BCUT2D eigenvalue weighted by Crippen LogP contribution is 2.72. The fourth-order valence-electron chi connectivity index (χ4n) is 18.4. The highest BCUT2D eigenvalue weighted by atomic mass is 14.7. The van der Waals surface area contributed by atoms with Gasteiger partial charge in [0.1, 0.15) is 0 Å². The van der Waals surface area contributed by atoms with Gasteiger partial charge >= 0.3 is 0 Å². The van der Waals surface area contributed by atoms with Crippen LogP contribution in [0.5, 0.6) is 0 Å². The minimum atomic E-state index is 0.0712. The van der Waals surface area contributed by atoms with Gasteiger partial charge in [0.15, 0.2) is 0 Å². The maximum Gasteiger partial charge on any atom is 0.0251 e. The van der Waals surface area contributed by atoms with Gasteiger partial charge in [0.2, 0.25) is 0 Å². The Hall–Kier alpha value is -9.66. The van der Waals surface area contributed by atoms with Crippen molar-refractivity contribution in [1.82, 2.24) is 0 Å². The molecule has 0 amide bonds. The summed E-state index contributed by atoms with van der Waals surface area (Å²) in [4.78, 5) is 0. The van der Waals surface area contributed by atoms with Crippen molar-refractivity contribution in [2.45, 2.75) is 110 Å². The molecule has 0 heterocycles. The van der Waals surface area contributed by atoms with E-state index in [0.717, 1.165) is 88.6 Å². The molecule has 86 heavy (non-hydrogen) atoms. The second-order valence-corrected chi connectivity index (χ2v) is 26.5. The third-order valence-corrected chi connectivity index (χ3v) is 20.9. The van der Waals surface area contributed by atoms with Crippen molar-refractivity contribution in [2.24, 2.45) is 11.8 Å². The van der Waals surface area contributed by atoms with Gasteiger partial charge in [0, 0.05) is 50.1 Å². The number of hydrogen-bond acceptors (Lipinski definition) is 0. The highest BCUT2D eigenvalue weighted by Gasteiger charge is 2.66. The zero-order chi connectivity index (χ0) is 58.2. The Morgan fingerprint density at radius 2 is 0.407 bits per heavy atom. The van der Waals surface area contributed by atoms with Crippen molar-refractivity contribution in [3.63, 3.8) is 0 Å². The van der Waals surface area contributed by atoms with E-state index in [-0.39, 0.29) is 32.5 Å². The molecular weight excluding hydrogens is 1030 g/mol. The molecule has 0 saturated heterocycles. The van der Waals surface area contributed by atoms with Gasteiger partial charge < -0.3 is 0 Å². The summed E-state index contributed by atoms with van der Waals surface area (Å²) in [7, 11) is 0. The molecular formula is C86H68. The van der Waals surface area contributed by atoms with Gasteiger partial charge in [-0.15, -0.1) is 19.3 Å². The van der Waals surface area contributed by atoms with Crippen molar-refractivity contribution >= 4 is 0 Å². The van der Waals surface area contributed by atoms with E-state index in [1.165, 1.54) is 71.9 Å². The van der Waals surface area contributed by atoms with Gasteiger partial charge in [-0.25, -0.2) is 0 Å². The molecule has 0 aromatic heterocycles. The number of terminal acetylenes is 3. The molecule has 4 atom stereocenters. The Bertz CT molecular complexity index is 4210. The van der Waals surface area contributed by atoms with Crippen LogP contribution in [-0.4, -0.2) is 0 Å². The van der Waals surface area contributed by atoms with Crippen LogP contribution < -0.4 is 0 Å². The van der Waals surface area contributed by atoms with E-state index in [0.29, 0.717) is 11.8 Å². The second-order valence-electron chi connectivity index (χ2n) is 26.5. The Morgan fingerprint density at radius 1 is 0.221 bits per heavy atom. The van der Waals surface area contributed by atoms with Crippen LogP contribution in [0.1, 0.15) is 161 Å². The van der Waals surface area contributed by atoms with Gasteiger partial charge in [0.05, 0.1) is 0 Å². The standard InChI is InChI=1S/C46H36.C40H32/c1-2-35-16-9-19-41(26-35)44-29-40-30-45(32-44,42-20-10-17-38(27-42)24-22-36-12-5-3-6-13-36)34-46(31-40,33-44)43-21-11-18-39(28-43)25-23-37-14-7-4-8-15-37;1-3-30-13-8-16-35(21-30)38-24-34-25-39(27-38,36-17-9-14-31(4-2)22-36)29-40(26-34,28-38)37-18-10-15-33(23-37)20-19-32-11-6-5-7-12-32/h1,3-21,26-28,40H,29-34H2;1-2,5-18,21-23,34H,24-29H2. The van der Waals surface area contributed by atoms with E-state index in [1.54, 1.807) is 0 Å². The summed E-state index contributed by atoms with van der Waals surface area (Å²) in [5.74, 6) is 30.6. The van der Waals surface area contributed by atoms with Gasteiger partial charge in [-0.1, -0.05) is 181 Å². The molecule has 0 aliphatic heterocycles. The van der Waals surface area contributed by atoms with Crippen LogP contribution in [0, 0.1) is 84.4 Å². The third-order valence-electron chi connectivity index (χ3n) is 20.9. The van der Waals surface area contributed by atoms with Crippen LogP contribution in [0.15, 0.2) is 237 Å². The zero-order valence-electron chi connectivity index (χ0n) is 48.9. The lowest BCUT2D eigenvalue weighted by atomic mass is 9.36. The molecule has 0 N–H and O–H groups in total. The first kappa shape index (κ1) is 54.3. The summed E-state index contributed by atoms with van der Waals surface area (Å²) in [5, 5.41) is 0. The van der Waals surface area contributed by atoms with Crippen molar-refractivity contribution in [3.05, 3.63) is 320 Å². The van der Waals surface area contributed by atoms with Crippen molar-refractivity contribution in [1.29, 1.82) is 0 Å². The van der Waals surface area contributed by atoms with E-state index in [4.69, 9.17) is 19.3 Å². The lowest BCUT2D eigenvalue weighted by molar-refractivity contribution is -0.0495. The lowest BCUT2D eigenvalue weighted by Crippen LogP contribution is -2.62. The molecule has 0 radical (unpaired) electrons. The summed E-state index contributed by atoms with van der Waals surface area (Å²) in [5.41, 5.74) is 18.4.